The monoisotopic (exact) mass is 448 g/mol. The predicted molar refractivity (Wildman–Crippen MR) is 125 cm³/mol. The summed E-state index contributed by atoms with van der Waals surface area (Å²) in [5, 5.41) is 3.77. The highest BCUT2D eigenvalue weighted by Gasteiger charge is 2.21. The van der Waals surface area contributed by atoms with Gasteiger partial charge in [0.1, 0.15) is 17.3 Å². The minimum atomic E-state index is -0.380. The van der Waals surface area contributed by atoms with Crippen molar-refractivity contribution in [3.63, 3.8) is 0 Å². The predicted octanol–water partition coefficient (Wildman–Crippen LogP) is 5.47. The smallest absolute Gasteiger partial charge is 0.149 e. The van der Waals surface area contributed by atoms with Gasteiger partial charge < -0.3 is 15.8 Å². The number of aromatic nitrogens is 2. The van der Waals surface area contributed by atoms with E-state index < -0.39 is 0 Å². The lowest BCUT2D eigenvalue weighted by atomic mass is 9.83. The third-order valence-corrected chi connectivity index (χ3v) is 6.62. The zero-order valence-electron chi connectivity index (χ0n) is 17.2. The Bertz CT molecular complexity index is 851. The Morgan fingerprint density at radius 2 is 1.84 bits per heavy atom. The molecule has 2 aromatic heterocycles. The number of nitrogens with one attached hydrogen (secondary N) is 1. The second kappa shape index (κ2) is 11.2. The molecule has 2 aromatic rings. The Morgan fingerprint density at radius 1 is 1.10 bits per heavy atom. The van der Waals surface area contributed by atoms with Gasteiger partial charge in [-0.2, -0.15) is 0 Å². The van der Waals surface area contributed by atoms with Gasteiger partial charge in [-0.1, -0.05) is 19.0 Å². The maximum Gasteiger partial charge on any atom is 0.149 e. The Balaban J connectivity index is 0.00000272. The van der Waals surface area contributed by atoms with Crippen LogP contribution >= 0.6 is 11.6 Å². The molecule has 1 aliphatic heterocycles. The fourth-order valence-electron chi connectivity index (χ4n) is 4.39. The minimum absolute atomic E-state index is 0. The third-order valence-electron chi connectivity index (χ3n) is 6.32. The molecule has 0 bridgehead atoms. The van der Waals surface area contributed by atoms with E-state index in [1.807, 2.05) is 6.07 Å². The molecule has 3 N–H and O–H groups in total. The van der Waals surface area contributed by atoms with Gasteiger partial charge in [-0.25, -0.2) is 9.37 Å². The third kappa shape index (κ3) is 6.37. The second-order valence-corrected chi connectivity index (χ2v) is 9.01. The number of pyridine rings is 2. The average Bonchev–Trinajstić information content (AvgIpc) is 2.77. The van der Waals surface area contributed by atoms with Gasteiger partial charge in [0, 0.05) is 43.3 Å². The number of nitrogens with zero attached hydrogens (tertiary/aromatic N) is 2. The van der Waals surface area contributed by atoms with E-state index in [0.29, 0.717) is 34.3 Å². The van der Waals surface area contributed by atoms with Crippen LogP contribution < -0.4 is 11.1 Å². The Morgan fingerprint density at radius 3 is 2.58 bits per heavy atom. The second-order valence-electron chi connectivity index (χ2n) is 8.60. The van der Waals surface area contributed by atoms with Gasteiger partial charge in [-0.05, 0) is 75.0 Å². The molecule has 1 saturated heterocycles. The molecule has 0 amide bonds. The van der Waals surface area contributed by atoms with Crippen molar-refractivity contribution in [2.24, 2.45) is 17.6 Å². The summed E-state index contributed by atoms with van der Waals surface area (Å²) in [5.74, 6) is 1.40. The first-order chi connectivity index (χ1) is 14.6. The zero-order valence-corrected chi connectivity index (χ0v) is 18.0. The Labute approximate surface area is 190 Å². The number of hydrogen-bond donors (Lipinski definition) is 2. The Kier molecular flexibility index (Phi) is 8.64. The van der Waals surface area contributed by atoms with Crippen LogP contribution in [0.3, 0.4) is 0 Å². The highest BCUT2D eigenvalue weighted by atomic mass is 35.5. The van der Waals surface area contributed by atoms with E-state index in [1.165, 1.54) is 6.07 Å². The van der Waals surface area contributed by atoms with Crippen molar-refractivity contribution in [3.05, 3.63) is 40.9 Å². The van der Waals surface area contributed by atoms with Crippen LogP contribution in [-0.4, -0.2) is 35.8 Å². The fourth-order valence-corrected chi connectivity index (χ4v) is 4.58. The molecule has 1 aliphatic carbocycles. The summed E-state index contributed by atoms with van der Waals surface area (Å²) in [6, 6.07) is 5.35. The molecule has 7 heteroatoms. The number of hydrogen-bond acceptors (Lipinski definition) is 5. The van der Waals surface area contributed by atoms with E-state index in [1.54, 1.807) is 12.3 Å². The topological polar surface area (TPSA) is 73.1 Å². The average molecular weight is 449 g/mol. The van der Waals surface area contributed by atoms with Crippen molar-refractivity contribution in [2.45, 2.75) is 58.4 Å². The summed E-state index contributed by atoms with van der Waals surface area (Å²) in [7, 11) is 0. The molecular formula is C24H34ClFN4O. The first-order valence-corrected chi connectivity index (χ1v) is 11.3. The number of halogens is 2. The molecule has 0 atom stereocenters. The fraction of sp³-hybridized carbons (Fsp3) is 0.583. The van der Waals surface area contributed by atoms with E-state index in [-0.39, 0.29) is 18.9 Å². The molecule has 3 heterocycles. The molecule has 0 unspecified atom stereocenters. The lowest BCUT2D eigenvalue weighted by Gasteiger charge is -2.25. The van der Waals surface area contributed by atoms with Crippen molar-refractivity contribution in [3.8, 4) is 11.3 Å². The van der Waals surface area contributed by atoms with Crippen LogP contribution in [0.5, 0.6) is 0 Å². The maximum absolute atomic E-state index is 14.7. The van der Waals surface area contributed by atoms with Crippen molar-refractivity contribution in [2.75, 3.05) is 25.1 Å². The first-order valence-electron chi connectivity index (χ1n) is 11.0. The van der Waals surface area contributed by atoms with Crippen LogP contribution in [0.25, 0.3) is 11.3 Å². The standard InChI is InChI=1S/C23H30ClFN4O.CH4/c24-20-14-27-18(11-15-1-3-17(26)4-2-15)12-19(20)23-21(25)5-6-22(29-23)28-13-16-7-9-30-10-8-16;/h5-6,12,14-17H,1-4,7-11,13,26H2,(H,28,29);1H4. The summed E-state index contributed by atoms with van der Waals surface area (Å²) in [6.45, 7) is 2.41. The first kappa shape index (κ1) is 23.9. The largest absolute Gasteiger partial charge is 0.381 e. The molecule has 0 radical (unpaired) electrons. The van der Waals surface area contributed by atoms with Crippen LogP contribution in [-0.2, 0) is 11.2 Å². The molecule has 31 heavy (non-hydrogen) atoms. The lowest BCUT2D eigenvalue weighted by molar-refractivity contribution is 0.0699. The van der Waals surface area contributed by atoms with Crippen molar-refractivity contribution in [1.29, 1.82) is 0 Å². The maximum atomic E-state index is 14.7. The van der Waals surface area contributed by atoms with E-state index in [2.05, 4.69) is 15.3 Å². The molecule has 5 nitrogen and oxygen atoms in total. The van der Waals surface area contributed by atoms with E-state index in [0.717, 1.165) is 70.4 Å². The number of anilines is 1. The number of ether oxygens (including phenoxy) is 1. The van der Waals surface area contributed by atoms with Gasteiger partial charge in [0.15, 0.2) is 0 Å². The molecule has 0 aromatic carbocycles. The minimum Gasteiger partial charge on any atom is -0.381 e. The summed E-state index contributed by atoms with van der Waals surface area (Å²) in [5.41, 5.74) is 7.81. The van der Waals surface area contributed by atoms with Crippen LogP contribution in [0.1, 0.15) is 51.6 Å². The molecule has 2 aliphatic rings. The van der Waals surface area contributed by atoms with Gasteiger partial charge in [0.25, 0.3) is 0 Å². The zero-order chi connectivity index (χ0) is 20.9. The van der Waals surface area contributed by atoms with E-state index in [4.69, 9.17) is 22.1 Å². The van der Waals surface area contributed by atoms with Gasteiger partial charge in [0.2, 0.25) is 0 Å². The van der Waals surface area contributed by atoms with Crippen molar-refractivity contribution in [1.82, 2.24) is 9.97 Å². The summed E-state index contributed by atoms with van der Waals surface area (Å²) in [4.78, 5) is 9.03. The summed E-state index contributed by atoms with van der Waals surface area (Å²) >= 11 is 6.40. The van der Waals surface area contributed by atoms with Gasteiger partial charge >= 0.3 is 0 Å². The molecule has 2 fully saturated rings. The molecular weight excluding hydrogens is 415 g/mol. The van der Waals surface area contributed by atoms with E-state index in [9.17, 15) is 4.39 Å². The quantitative estimate of drug-likeness (QED) is 0.612. The van der Waals surface area contributed by atoms with Crippen LogP contribution in [0.4, 0.5) is 10.2 Å². The normalized spacial score (nSPS) is 22.0. The van der Waals surface area contributed by atoms with Gasteiger partial charge in [-0.3, -0.25) is 4.98 Å². The lowest BCUT2D eigenvalue weighted by Crippen LogP contribution is -2.27. The van der Waals surface area contributed by atoms with Crippen LogP contribution in [0, 0.1) is 17.7 Å². The van der Waals surface area contributed by atoms with Gasteiger partial charge in [0.05, 0.1) is 5.02 Å². The Hall–Kier alpha value is -1.76. The highest BCUT2D eigenvalue weighted by molar-refractivity contribution is 6.33. The van der Waals surface area contributed by atoms with Crippen molar-refractivity contribution >= 4 is 17.4 Å². The summed E-state index contributed by atoms with van der Waals surface area (Å²) < 4.78 is 20.1. The molecule has 4 rings (SSSR count). The number of nitrogens with two attached hydrogens (primary N) is 1. The summed E-state index contributed by atoms with van der Waals surface area (Å²) in [6.07, 6.45) is 8.88. The molecule has 0 spiro atoms. The van der Waals surface area contributed by atoms with Gasteiger partial charge in [-0.15, -0.1) is 0 Å². The molecule has 1 saturated carbocycles. The van der Waals surface area contributed by atoms with Crippen molar-refractivity contribution < 1.29 is 9.13 Å². The SMILES string of the molecule is C.NC1CCC(Cc2cc(-c3nc(NCC4CCOCC4)ccc3F)c(Cl)cn2)CC1. The van der Waals surface area contributed by atoms with Crippen LogP contribution in [0.15, 0.2) is 24.4 Å². The van der Waals surface area contributed by atoms with Crippen LogP contribution in [0.2, 0.25) is 5.02 Å². The number of rotatable bonds is 6. The highest BCUT2D eigenvalue weighted by Crippen LogP contribution is 2.32. The van der Waals surface area contributed by atoms with E-state index >= 15 is 0 Å². The molecule has 170 valence electrons.